The fourth-order valence-electron chi connectivity index (χ4n) is 2.33. The minimum Gasteiger partial charge on any atom is -0.301 e. The molecule has 2 atom stereocenters. The number of pyridine rings is 1. The number of rotatable bonds is 5. The fraction of sp³-hybridized carbons (Fsp3) is 0.375. The maximum atomic E-state index is 4.52. The van der Waals surface area contributed by atoms with Gasteiger partial charge in [0.2, 0.25) is 0 Å². The highest BCUT2D eigenvalue weighted by Crippen LogP contribution is 2.26. The summed E-state index contributed by atoms with van der Waals surface area (Å²) in [5.74, 6) is 0. The van der Waals surface area contributed by atoms with Gasteiger partial charge in [0.25, 0.3) is 0 Å². The first-order valence-electron chi connectivity index (χ1n) is 7.21. The van der Waals surface area contributed by atoms with Crippen LogP contribution in [-0.2, 0) is 6.42 Å². The zero-order valence-corrected chi connectivity index (χ0v) is 14.1. The third kappa shape index (κ3) is 3.15. The summed E-state index contributed by atoms with van der Waals surface area (Å²) < 4.78 is 1.25. The van der Waals surface area contributed by atoms with Crippen molar-refractivity contribution >= 4 is 32.9 Å². The summed E-state index contributed by atoms with van der Waals surface area (Å²) >= 11 is 3.53. The molecule has 0 radical (unpaired) electrons. The van der Waals surface area contributed by atoms with Crippen molar-refractivity contribution in [3.63, 3.8) is 0 Å². The van der Waals surface area contributed by atoms with Crippen molar-refractivity contribution in [3.05, 3.63) is 45.4 Å². The van der Waals surface area contributed by atoms with Crippen LogP contribution in [0.3, 0.4) is 0 Å². The molecule has 5 heteroatoms. The highest BCUT2D eigenvalue weighted by atomic mass is 32.1. The van der Waals surface area contributed by atoms with Crippen LogP contribution in [0.5, 0.6) is 0 Å². The van der Waals surface area contributed by atoms with Crippen molar-refractivity contribution in [2.75, 3.05) is 0 Å². The Bertz CT molecular complexity index is 732. The molecule has 0 aliphatic carbocycles. The lowest BCUT2D eigenvalue weighted by Crippen LogP contribution is -2.22. The Morgan fingerprint density at radius 2 is 2.05 bits per heavy atom. The van der Waals surface area contributed by atoms with E-state index in [4.69, 9.17) is 0 Å². The SMILES string of the molecule is CCc1cnc(C(C)NC(C)c2cnc3ccsc3c2)s1. The van der Waals surface area contributed by atoms with Crippen LogP contribution in [0.1, 0.15) is 48.3 Å². The molecule has 3 aromatic heterocycles. The summed E-state index contributed by atoms with van der Waals surface area (Å²) in [6.45, 7) is 6.52. The van der Waals surface area contributed by atoms with Gasteiger partial charge in [-0.2, -0.15) is 0 Å². The summed E-state index contributed by atoms with van der Waals surface area (Å²) in [5, 5.41) is 6.86. The van der Waals surface area contributed by atoms with Crippen LogP contribution < -0.4 is 5.32 Å². The van der Waals surface area contributed by atoms with Gasteiger partial charge in [-0.3, -0.25) is 4.98 Å². The molecule has 3 rings (SSSR count). The van der Waals surface area contributed by atoms with Crippen LogP contribution in [0.4, 0.5) is 0 Å². The van der Waals surface area contributed by atoms with Gasteiger partial charge in [0.05, 0.1) is 16.3 Å². The second-order valence-corrected chi connectivity index (χ2v) is 7.30. The Labute approximate surface area is 133 Å². The number of hydrogen-bond donors (Lipinski definition) is 1. The van der Waals surface area contributed by atoms with E-state index in [-0.39, 0.29) is 12.1 Å². The smallest absolute Gasteiger partial charge is 0.109 e. The number of nitrogens with one attached hydrogen (secondary N) is 1. The molecule has 0 bridgehead atoms. The highest BCUT2D eigenvalue weighted by molar-refractivity contribution is 7.17. The molecule has 0 aromatic carbocycles. The van der Waals surface area contributed by atoms with Crippen molar-refractivity contribution < 1.29 is 0 Å². The summed E-state index contributed by atoms with van der Waals surface area (Å²) in [6, 6.07) is 4.81. The van der Waals surface area contributed by atoms with Gasteiger partial charge in [-0.05, 0) is 43.3 Å². The molecule has 1 N–H and O–H groups in total. The number of fused-ring (bicyclic) bond motifs is 1. The quantitative estimate of drug-likeness (QED) is 0.739. The van der Waals surface area contributed by atoms with E-state index in [1.807, 2.05) is 12.4 Å². The molecule has 0 spiro atoms. The van der Waals surface area contributed by atoms with Crippen molar-refractivity contribution in [2.24, 2.45) is 0 Å². The summed E-state index contributed by atoms with van der Waals surface area (Å²) in [7, 11) is 0. The van der Waals surface area contributed by atoms with Crippen molar-refractivity contribution in [1.82, 2.24) is 15.3 Å². The predicted molar refractivity (Wildman–Crippen MR) is 91.1 cm³/mol. The lowest BCUT2D eigenvalue weighted by molar-refractivity contribution is 0.492. The second-order valence-electron chi connectivity index (χ2n) is 5.20. The molecule has 0 amide bonds. The van der Waals surface area contributed by atoms with Crippen molar-refractivity contribution in [1.29, 1.82) is 0 Å². The highest BCUT2D eigenvalue weighted by Gasteiger charge is 2.15. The average molecular weight is 317 g/mol. The molecule has 3 aromatic rings. The predicted octanol–water partition coefficient (Wildman–Crippen LogP) is 4.73. The number of nitrogens with zero attached hydrogens (tertiary/aromatic N) is 2. The molecular weight excluding hydrogens is 298 g/mol. The van der Waals surface area contributed by atoms with Gasteiger partial charge < -0.3 is 5.32 Å². The Morgan fingerprint density at radius 3 is 2.81 bits per heavy atom. The molecule has 0 saturated heterocycles. The number of thiophene rings is 1. The van der Waals surface area contributed by atoms with Crippen LogP contribution >= 0.6 is 22.7 Å². The van der Waals surface area contributed by atoms with Crippen LogP contribution in [0.25, 0.3) is 10.2 Å². The number of hydrogen-bond acceptors (Lipinski definition) is 5. The van der Waals surface area contributed by atoms with E-state index in [9.17, 15) is 0 Å². The molecule has 0 aliphatic heterocycles. The van der Waals surface area contributed by atoms with E-state index in [1.54, 1.807) is 22.7 Å². The van der Waals surface area contributed by atoms with Crippen LogP contribution in [0.15, 0.2) is 29.9 Å². The topological polar surface area (TPSA) is 37.8 Å². The first-order chi connectivity index (χ1) is 10.2. The minimum absolute atomic E-state index is 0.254. The largest absolute Gasteiger partial charge is 0.301 e. The maximum absolute atomic E-state index is 4.52. The molecule has 3 heterocycles. The standard InChI is InChI=1S/C16H19N3S2/c1-4-13-9-18-16(21-13)11(3)19-10(2)12-7-15-14(17-8-12)5-6-20-15/h5-11,19H,4H2,1-3H3. The third-order valence-electron chi connectivity index (χ3n) is 3.61. The van der Waals surface area contributed by atoms with Crippen LogP contribution in [-0.4, -0.2) is 9.97 Å². The van der Waals surface area contributed by atoms with E-state index in [0.29, 0.717) is 0 Å². The molecule has 0 fully saturated rings. The maximum Gasteiger partial charge on any atom is 0.109 e. The molecular formula is C16H19N3S2. The van der Waals surface area contributed by atoms with Crippen LogP contribution in [0, 0.1) is 0 Å². The van der Waals surface area contributed by atoms with E-state index in [0.717, 1.165) is 16.9 Å². The Morgan fingerprint density at radius 1 is 1.19 bits per heavy atom. The monoisotopic (exact) mass is 317 g/mol. The molecule has 3 nitrogen and oxygen atoms in total. The fourth-order valence-corrected chi connectivity index (χ4v) is 3.98. The zero-order valence-electron chi connectivity index (χ0n) is 12.5. The van der Waals surface area contributed by atoms with Crippen molar-refractivity contribution in [3.8, 4) is 0 Å². The lowest BCUT2D eigenvalue weighted by atomic mass is 10.1. The van der Waals surface area contributed by atoms with Gasteiger partial charge >= 0.3 is 0 Å². The van der Waals surface area contributed by atoms with E-state index in [2.05, 4.69) is 53.6 Å². The van der Waals surface area contributed by atoms with Gasteiger partial charge in [-0.1, -0.05) is 6.92 Å². The van der Waals surface area contributed by atoms with Gasteiger partial charge in [0, 0.05) is 23.3 Å². The van der Waals surface area contributed by atoms with E-state index in [1.165, 1.54) is 15.1 Å². The van der Waals surface area contributed by atoms with Crippen molar-refractivity contribution in [2.45, 2.75) is 39.3 Å². The third-order valence-corrected chi connectivity index (χ3v) is 5.79. The van der Waals surface area contributed by atoms with Gasteiger partial charge in [0.15, 0.2) is 0 Å². The Hall–Kier alpha value is -1.30. The Kier molecular flexibility index (Phi) is 4.33. The summed E-state index contributed by atoms with van der Waals surface area (Å²) in [4.78, 5) is 10.4. The first-order valence-corrected chi connectivity index (χ1v) is 8.90. The summed E-state index contributed by atoms with van der Waals surface area (Å²) in [5.41, 5.74) is 2.31. The van der Waals surface area contributed by atoms with E-state index >= 15 is 0 Å². The number of thiazole rings is 1. The normalized spacial score (nSPS) is 14.4. The van der Waals surface area contributed by atoms with Gasteiger partial charge in [-0.15, -0.1) is 22.7 Å². The summed E-state index contributed by atoms with van der Waals surface area (Å²) in [6.07, 6.45) is 5.01. The first kappa shape index (κ1) is 14.6. The Balaban J connectivity index is 1.73. The molecule has 110 valence electrons. The van der Waals surface area contributed by atoms with E-state index < -0.39 is 0 Å². The second kappa shape index (κ2) is 6.22. The number of aryl methyl sites for hydroxylation is 1. The molecule has 2 unspecified atom stereocenters. The lowest BCUT2D eigenvalue weighted by Gasteiger charge is -2.18. The number of aromatic nitrogens is 2. The molecule has 0 aliphatic rings. The molecule has 21 heavy (non-hydrogen) atoms. The van der Waals surface area contributed by atoms with Gasteiger partial charge in [-0.25, -0.2) is 4.98 Å². The molecule has 0 saturated carbocycles. The average Bonchev–Trinajstić information content (AvgIpc) is 3.15. The van der Waals surface area contributed by atoms with Gasteiger partial charge in [0.1, 0.15) is 5.01 Å². The zero-order chi connectivity index (χ0) is 14.8. The minimum atomic E-state index is 0.254. The van der Waals surface area contributed by atoms with Crippen LogP contribution in [0.2, 0.25) is 0 Å².